The van der Waals surface area contributed by atoms with E-state index in [0.29, 0.717) is 5.76 Å². The van der Waals surface area contributed by atoms with Gasteiger partial charge in [-0.1, -0.05) is 0 Å². The molecule has 1 aromatic rings. The van der Waals surface area contributed by atoms with Gasteiger partial charge in [0.05, 0.1) is 0 Å². The molecule has 0 unspecified atom stereocenters. The lowest BCUT2D eigenvalue weighted by molar-refractivity contribution is -0.280. The molecule has 1 aromatic heterocycles. The highest BCUT2D eigenvalue weighted by molar-refractivity contribution is 5.10. The Kier molecular flexibility index (Phi) is 1.80. The second-order valence-corrected chi connectivity index (χ2v) is 1.91. The first kappa shape index (κ1) is 7.97. The van der Waals surface area contributed by atoms with E-state index in [4.69, 9.17) is 0 Å². The number of aryl methyl sites for hydroxylation is 1. The molecule has 0 atom stereocenters. The fraction of sp³-hybridized carbons (Fsp3) is 0.333. The molecule has 0 fully saturated rings. The van der Waals surface area contributed by atoms with Gasteiger partial charge in [-0.15, -0.1) is 13.2 Å². The number of furan rings is 1. The van der Waals surface area contributed by atoms with Crippen molar-refractivity contribution in [2.75, 3.05) is 0 Å². The Morgan fingerprint density at radius 1 is 1.36 bits per heavy atom. The molecule has 62 valence electrons. The highest BCUT2D eigenvalue weighted by atomic mass is 19.4. The molecule has 1 rings (SSSR count). The molecule has 2 nitrogen and oxygen atoms in total. The smallest absolute Gasteiger partial charge is 0.431 e. The van der Waals surface area contributed by atoms with Crippen LogP contribution in [0.15, 0.2) is 16.5 Å². The second-order valence-electron chi connectivity index (χ2n) is 1.91. The first-order valence-electron chi connectivity index (χ1n) is 2.79. The van der Waals surface area contributed by atoms with E-state index in [0.717, 1.165) is 6.07 Å². The Hall–Kier alpha value is -1.13. The third-order valence-electron chi connectivity index (χ3n) is 0.932. The van der Waals surface area contributed by atoms with E-state index >= 15 is 0 Å². The summed E-state index contributed by atoms with van der Waals surface area (Å²) in [4.78, 5) is 0. The van der Waals surface area contributed by atoms with E-state index in [9.17, 15) is 13.2 Å². The summed E-state index contributed by atoms with van der Waals surface area (Å²) in [7, 11) is 0. The number of rotatable bonds is 1. The van der Waals surface area contributed by atoms with Crippen molar-refractivity contribution in [3.8, 4) is 5.95 Å². The van der Waals surface area contributed by atoms with Gasteiger partial charge in [-0.05, 0) is 13.0 Å². The average molecular weight is 166 g/mol. The summed E-state index contributed by atoms with van der Waals surface area (Å²) in [6.45, 7) is 1.53. The quantitative estimate of drug-likeness (QED) is 0.639. The Labute approximate surface area is 60.6 Å². The molecule has 0 amide bonds. The van der Waals surface area contributed by atoms with E-state index in [2.05, 4.69) is 9.15 Å². The van der Waals surface area contributed by atoms with Crippen LogP contribution in [-0.2, 0) is 0 Å². The molecule has 0 N–H and O–H groups in total. The van der Waals surface area contributed by atoms with Gasteiger partial charge < -0.3 is 9.15 Å². The number of alkyl halides is 3. The number of ether oxygens (including phenoxy) is 1. The minimum absolute atomic E-state index is 0.379. The van der Waals surface area contributed by atoms with Gasteiger partial charge in [-0.3, -0.25) is 0 Å². The summed E-state index contributed by atoms with van der Waals surface area (Å²) in [5.41, 5.74) is 0. The van der Waals surface area contributed by atoms with Crippen LogP contribution in [-0.4, -0.2) is 6.36 Å². The van der Waals surface area contributed by atoms with E-state index < -0.39 is 12.3 Å². The van der Waals surface area contributed by atoms with Crippen LogP contribution in [0.25, 0.3) is 0 Å². The Morgan fingerprint density at radius 3 is 2.36 bits per heavy atom. The fourth-order valence-electron chi connectivity index (χ4n) is 0.581. The van der Waals surface area contributed by atoms with Gasteiger partial charge in [-0.2, -0.15) is 0 Å². The van der Waals surface area contributed by atoms with Crippen molar-refractivity contribution < 1.29 is 22.3 Å². The molecule has 5 heteroatoms. The third-order valence-corrected chi connectivity index (χ3v) is 0.932. The molecule has 0 aliphatic carbocycles. The van der Waals surface area contributed by atoms with Crippen LogP contribution in [0.2, 0.25) is 0 Å². The molecule has 0 radical (unpaired) electrons. The highest BCUT2D eigenvalue weighted by Gasteiger charge is 2.32. The molecule has 0 spiro atoms. The van der Waals surface area contributed by atoms with Gasteiger partial charge in [0.2, 0.25) is 0 Å². The first-order chi connectivity index (χ1) is 4.97. The first-order valence-corrected chi connectivity index (χ1v) is 2.79. The lowest BCUT2D eigenvalue weighted by atomic mass is 10.5. The predicted octanol–water partition coefficient (Wildman–Crippen LogP) is 2.49. The monoisotopic (exact) mass is 166 g/mol. The van der Waals surface area contributed by atoms with Crippen molar-refractivity contribution in [3.05, 3.63) is 17.9 Å². The molecule has 0 saturated carbocycles. The maximum atomic E-state index is 11.5. The van der Waals surface area contributed by atoms with Crippen LogP contribution >= 0.6 is 0 Å². The number of halogens is 3. The predicted molar refractivity (Wildman–Crippen MR) is 30.1 cm³/mol. The van der Waals surface area contributed by atoms with Crippen LogP contribution in [0.3, 0.4) is 0 Å². The summed E-state index contributed by atoms with van der Waals surface area (Å²) < 4.78 is 42.4. The molecule has 0 bridgehead atoms. The molecular formula is C6H5F3O2. The molecule has 0 aliphatic rings. The van der Waals surface area contributed by atoms with Gasteiger partial charge in [0.25, 0.3) is 5.95 Å². The number of hydrogen-bond acceptors (Lipinski definition) is 2. The zero-order valence-electron chi connectivity index (χ0n) is 5.61. The maximum Gasteiger partial charge on any atom is 0.575 e. The van der Waals surface area contributed by atoms with Crippen molar-refractivity contribution in [1.82, 2.24) is 0 Å². The van der Waals surface area contributed by atoms with Crippen LogP contribution in [0, 0.1) is 6.92 Å². The fourth-order valence-corrected chi connectivity index (χ4v) is 0.581. The van der Waals surface area contributed by atoms with Crippen molar-refractivity contribution in [3.63, 3.8) is 0 Å². The van der Waals surface area contributed by atoms with E-state index in [-0.39, 0.29) is 0 Å². The number of hydrogen-bond donors (Lipinski definition) is 0. The Morgan fingerprint density at radius 2 is 2.00 bits per heavy atom. The van der Waals surface area contributed by atoms with Gasteiger partial charge in [0.1, 0.15) is 5.76 Å². The molecular weight excluding hydrogens is 161 g/mol. The van der Waals surface area contributed by atoms with Gasteiger partial charge in [0, 0.05) is 6.07 Å². The lowest BCUT2D eigenvalue weighted by Crippen LogP contribution is -2.16. The topological polar surface area (TPSA) is 22.4 Å². The van der Waals surface area contributed by atoms with Crippen LogP contribution in [0.1, 0.15) is 5.76 Å². The lowest BCUT2D eigenvalue weighted by Gasteiger charge is -2.03. The Balaban J connectivity index is 2.65. The molecule has 11 heavy (non-hydrogen) atoms. The molecule has 0 aliphatic heterocycles. The summed E-state index contributed by atoms with van der Waals surface area (Å²) >= 11 is 0. The largest absolute Gasteiger partial charge is 0.575 e. The van der Waals surface area contributed by atoms with Crippen LogP contribution in [0.5, 0.6) is 5.95 Å². The summed E-state index contributed by atoms with van der Waals surface area (Å²) in [6, 6.07) is 2.50. The zero-order chi connectivity index (χ0) is 8.48. The highest BCUT2D eigenvalue weighted by Crippen LogP contribution is 2.23. The molecule has 0 aromatic carbocycles. The SMILES string of the molecule is Cc1ccc(OC(F)(F)F)o1. The molecule has 0 saturated heterocycles. The molecule has 1 heterocycles. The standard InChI is InChI=1S/C6H5F3O2/c1-4-2-3-5(10-4)11-6(7,8)9/h2-3H,1H3. The normalized spacial score (nSPS) is 11.6. The van der Waals surface area contributed by atoms with Gasteiger partial charge in [0.15, 0.2) is 0 Å². The minimum Gasteiger partial charge on any atom is -0.431 e. The average Bonchev–Trinajstić information content (AvgIpc) is 2.10. The maximum absolute atomic E-state index is 11.5. The third kappa shape index (κ3) is 2.53. The van der Waals surface area contributed by atoms with Gasteiger partial charge in [-0.25, -0.2) is 0 Å². The summed E-state index contributed by atoms with van der Waals surface area (Å²) in [5.74, 6) is -0.153. The van der Waals surface area contributed by atoms with Crippen molar-refractivity contribution in [1.29, 1.82) is 0 Å². The second kappa shape index (κ2) is 2.48. The van der Waals surface area contributed by atoms with E-state index in [1.54, 1.807) is 0 Å². The van der Waals surface area contributed by atoms with E-state index in [1.165, 1.54) is 13.0 Å². The van der Waals surface area contributed by atoms with Crippen molar-refractivity contribution in [2.45, 2.75) is 13.3 Å². The summed E-state index contributed by atoms with van der Waals surface area (Å²) in [6.07, 6.45) is -4.68. The summed E-state index contributed by atoms with van der Waals surface area (Å²) in [5, 5.41) is 0. The minimum atomic E-state index is -4.68. The van der Waals surface area contributed by atoms with Crippen molar-refractivity contribution in [2.24, 2.45) is 0 Å². The zero-order valence-corrected chi connectivity index (χ0v) is 5.61. The Bertz CT molecular complexity index is 238. The van der Waals surface area contributed by atoms with Crippen LogP contribution in [0.4, 0.5) is 13.2 Å². The van der Waals surface area contributed by atoms with Crippen LogP contribution < -0.4 is 4.74 Å². The van der Waals surface area contributed by atoms with Gasteiger partial charge >= 0.3 is 6.36 Å². The van der Waals surface area contributed by atoms with E-state index in [1.807, 2.05) is 0 Å². The van der Waals surface area contributed by atoms with Crippen molar-refractivity contribution >= 4 is 0 Å².